The van der Waals surface area contributed by atoms with E-state index in [1.165, 1.54) is 0 Å². The highest BCUT2D eigenvalue weighted by molar-refractivity contribution is 5.81. The second-order valence-electron chi connectivity index (χ2n) is 6.07. The summed E-state index contributed by atoms with van der Waals surface area (Å²) < 4.78 is 22.0. The van der Waals surface area contributed by atoms with Crippen LogP contribution in [0.25, 0.3) is 0 Å². The summed E-state index contributed by atoms with van der Waals surface area (Å²) in [5.41, 5.74) is 0.941. The number of ether oxygens (including phenoxy) is 4. The summed E-state index contributed by atoms with van der Waals surface area (Å²) in [7, 11) is 1.59. The van der Waals surface area contributed by atoms with Crippen LogP contribution >= 0.6 is 0 Å². The van der Waals surface area contributed by atoms with Crippen molar-refractivity contribution in [3.05, 3.63) is 48.0 Å². The first kappa shape index (κ1) is 17.9. The Morgan fingerprint density at radius 1 is 1.04 bits per heavy atom. The third-order valence-electron chi connectivity index (χ3n) is 4.15. The van der Waals surface area contributed by atoms with Crippen molar-refractivity contribution in [2.45, 2.75) is 26.0 Å². The monoisotopic (exact) mass is 357 g/mol. The first-order valence-corrected chi connectivity index (χ1v) is 8.57. The van der Waals surface area contributed by atoms with E-state index >= 15 is 0 Å². The molecule has 138 valence electrons. The lowest BCUT2D eigenvalue weighted by atomic mass is 10.1. The smallest absolute Gasteiger partial charge is 0.261 e. The maximum absolute atomic E-state index is 12.5. The van der Waals surface area contributed by atoms with Gasteiger partial charge < -0.3 is 24.3 Å². The van der Waals surface area contributed by atoms with Gasteiger partial charge >= 0.3 is 0 Å². The fraction of sp³-hybridized carbons (Fsp3) is 0.350. The number of benzene rings is 2. The number of fused-ring (bicyclic) bond motifs is 1. The van der Waals surface area contributed by atoms with E-state index in [2.05, 4.69) is 5.32 Å². The van der Waals surface area contributed by atoms with Crippen LogP contribution in [-0.2, 0) is 4.79 Å². The van der Waals surface area contributed by atoms with Gasteiger partial charge in [-0.2, -0.15) is 0 Å². The molecular formula is C20H23NO5. The van der Waals surface area contributed by atoms with Gasteiger partial charge in [-0.1, -0.05) is 12.1 Å². The quantitative estimate of drug-likeness (QED) is 0.860. The molecule has 26 heavy (non-hydrogen) atoms. The van der Waals surface area contributed by atoms with Crippen molar-refractivity contribution in [3.63, 3.8) is 0 Å². The molecule has 1 amide bonds. The van der Waals surface area contributed by atoms with Gasteiger partial charge in [0.05, 0.1) is 13.2 Å². The molecule has 0 bridgehead atoms. The maximum atomic E-state index is 12.5. The van der Waals surface area contributed by atoms with E-state index in [1.807, 2.05) is 37.3 Å². The molecule has 1 N–H and O–H groups in total. The van der Waals surface area contributed by atoms with Gasteiger partial charge in [-0.05, 0) is 43.7 Å². The summed E-state index contributed by atoms with van der Waals surface area (Å²) in [5.74, 6) is 2.50. The third kappa shape index (κ3) is 4.20. The van der Waals surface area contributed by atoms with Gasteiger partial charge in [-0.25, -0.2) is 0 Å². The number of carbonyl (C=O) groups is 1. The first-order valence-electron chi connectivity index (χ1n) is 8.57. The van der Waals surface area contributed by atoms with Crippen LogP contribution in [0.3, 0.4) is 0 Å². The molecule has 0 saturated heterocycles. The fourth-order valence-corrected chi connectivity index (χ4v) is 2.68. The summed E-state index contributed by atoms with van der Waals surface area (Å²) in [5, 5.41) is 2.96. The van der Waals surface area contributed by atoms with Crippen LogP contribution in [0.4, 0.5) is 0 Å². The minimum Gasteiger partial charge on any atom is -0.497 e. The molecule has 0 radical (unpaired) electrons. The minimum absolute atomic E-state index is 0.185. The number of rotatable bonds is 6. The van der Waals surface area contributed by atoms with Crippen molar-refractivity contribution >= 4 is 5.91 Å². The molecule has 6 nitrogen and oxygen atoms in total. The summed E-state index contributed by atoms with van der Waals surface area (Å²) in [6.45, 7) is 4.72. The van der Waals surface area contributed by atoms with Crippen molar-refractivity contribution in [3.8, 4) is 23.0 Å². The average molecular weight is 357 g/mol. The highest BCUT2D eigenvalue weighted by Gasteiger charge is 2.20. The number of hydrogen-bond acceptors (Lipinski definition) is 5. The van der Waals surface area contributed by atoms with Crippen LogP contribution < -0.4 is 24.3 Å². The van der Waals surface area contributed by atoms with E-state index < -0.39 is 6.10 Å². The highest BCUT2D eigenvalue weighted by atomic mass is 16.6. The number of methoxy groups -OCH3 is 1. The SMILES string of the molecule is COc1cccc(OC(C)C(=O)NC(C)c2ccc3c(c2)OCCO3)c1. The Morgan fingerprint density at radius 2 is 1.77 bits per heavy atom. The van der Waals surface area contributed by atoms with Gasteiger partial charge in [0, 0.05) is 6.07 Å². The van der Waals surface area contributed by atoms with E-state index in [4.69, 9.17) is 18.9 Å². The van der Waals surface area contributed by atoms with Crippen LogP contribution in [0.5, 0.6) is 23.0 Å². The van der Waals surface area contributed by atoms with Crippen LogP contribution in [0.15, 0.2) is 42.5 Å². The van der Waals surface area contributed by atoms with Gasteiger partial charge in [0.1, 0.15) is 24.7 Å². The lowest BCUT2D eigenvalue weighted by Crippen LogP contribution is -2.37. The van der Waals surface area contributed by atoms with Crippen LogP contribution in [0.1, 0.15) is 25.5 Å². The Balaban J connectivity index is 1.61. The van der Waals surface area contributed by atoms with Crippen molar-refractivity contribution < 1.29 is 23.7 Å². The number of amides is 1. The maximum Gasteiger partial charge on any atom is 0.261 e. The molecular weight excluding hydrogens is 334 g/mol. The zero-order chi connectivity index (χ0) is 18.5. The van der Waals surface area contributed by atoms with E-state index in [0.29, 0.717) is 30.5 Å². The van der Waals surface area contributed by atoms with Crippen LogP contribution in [-0.4, -0.2) is 32.3 Å². The molecule has 2 atom stereocenters. The molecule has 6 heteroatoms. The van der Waals surface area contributed by atoms with Crippen molar-refractivity contribution in [1.29, 1.82) is 0 Å². The highest BCUT2D eigenvalue weighted by Crippen LogP contribution is 2.32. The predicted octanol–water partition coefficient (Wildman–Crippen LogP) is 3.11. The number of hydrogen-bond donors (Lipinski definition) is 1. The summed E-state index contributed by atoms with van der Waals surface area (Å²) in [6.07, 6.45) is -0.637. The Labute approximate surface area is 153 Å². The summed E-state index contributed by atoms with van der Waals surface area (Å²) >= 11 is 0. The summed E-state index contributed by atoms with van der Waals surface area (Å²) in [6, 6.07) is 12.7. The van der Waals surface area contributed by atoms with Crippen LogP contribution in [0, 0.1) is 0 Å². The van der Waals surface area contributed by atoms with Gasteiger partial charge in [0.25, 0.3) is 5.91 Å². The molecule has 2 aromatic carbocycles. The molecule has 0 spiro atoms. The second-order valence-corrected chi connectivity index (χ2v) is 6.07. The minimum atomic E-state index is -0.637. The largest absolute Gasteiger partial charge is 0.497 e. The van der Waals surface area contributed by atoms with Crippen molar-refractivity contribution in [2.75, 3.05) is 20.3 Å². The molecule has 2 unspecified atom stereocenters. The van der Waals surface area contributed by atoms with Crippen molar-refractivity contribution in [1.82, 2.24) is 5.32 Å². The molecule has 0 aliphatic carbocycles. The molecule has 0 fully saturated rings. The molecule has 1 heterocycles. The Hall–Kier alpha value is -2.89. The van der Waals surface area contributed by atoms with E-state index in [1.54, 1.807) is 26.2 Å². The number of nitrogens with one attached hydrogen (secondary N) is 1. The zero-order valence-corrected chi connectivity index (χ0v) is 15.2. The molecule has 1 aliphatic heterocycles. The Bertz CT molecular complexity index is 777. The Morgan fingerprint density at radius 3 is 2.54 bits per heavy atom. The van der Waals surface area contributed by atoms with Gasteiger partial charge in [-0.15, -0.1) is 0 Å². The lowest BCUT2D eigenvalue weighted by Gasteiger charge is -2.22. The molecule has 3 rings (SSSR count). The number of carbonyl (C=O) groups excluding carboxylic acids is 1. The molecule has 0 aromatic heterocycles. The third-order valence-corrected chi connectivity index (χ3v) is 4.15. The molecule has 1 aliphatic rings. The van der Waals surface area contributed by atoms with Gasteiger partial charge in [0.15, 0.2) is 17.6 Å². The normalized spacial score (nSPS) is 14.9. The van der Waals surface area contributed by atoms with Gasteiger partial charge in [0.2, 0.25) is 0 Å². The lowest BCUT2D eigenvalue weighted by molar-refractivity contribution is -0.127. The summed E-state index contributed by atoms with van der Waals surface area (Å²) in [4.78, 5) is 12.5. The fourth-order valence-electron chi connectivity index (χ4n) is 2.68. The van der Waals surface area contributed by atoms with Gasteiger partial charge in [-0.3, -0.25) is 4.79 Å². The van der Waals surface area contributed by atoms with Crippen LogP contribution in [0.2, 0.25) is 0 Å². The Kier molecular flexibility index (Phi) is 5.51. The standard InChI is InChI=1S/C20H23NO5/c1-13(15-7-8-18-19(11-15)25-10-9-24-18)21-20(22)14(2)26-17-6-4-5-16(12-17)23-3/h4-8,11-14H,9-10H2,1-3H3,(H,21,22). The van der Waals surface area contributed by atoms with E-state index in [0.717, 1.165) is 11.3 Å². The first-order chi connectivity index (χ1) is 12.6. The molecule has 0 saturated carbocycles. The molecule has 2 aromatic rings. The second kappa shape index (κ2) is 7.99. The predicted molar refractivity (Wildman–Crippen MR) is 97.1 cm³/mol. The van der Waals surface area contributed by atoms with Crippen molar-refractivity contribution in [2.24, 2.45) is 0 Å². The van der Waals surface area contributed by atoms with E-state index in [-0.39, 0.29) is 11.9 Å². The topological polar surface area (TPSA) is 66.0 Å². The zero-order valence-electron chi connectivity index (χ0n) is 15.2. The van der Waals surface area contributed by atoms with E-state index in [9.17, 15) is 4.79 Å². The average Bonchev–Trinajstić information content (AvgIpc) is 2.67.